The molecular weight excluding hydrogens is 601 g/mol. The molecule has 0 radical (unpaired) electrons. The second-order valence-corrected chi connectivity index (χ2v) is 13.3. The van der Waals surface area contributed by atoms with Crippen molar-refractivity contribution >= 4 is 53.9 Å². The average Bonchev–Trinajstić information content (AvgIpc) is 3.20. The molecule has 0 atom stereocenters. The quantitative estimate of drug-likeness (QED) is 0.134. The maximum atomic E-state index is 2.41. The van der Waals surface area contributed by atoms with Gasteiger partial charge in [0.25, 0.3) is 0 Å². The standard InChI is InChI=1S/C50H32/c1-2-12-33(13-3-1)39-28-29-46-48(31-39)49(36-25-22-35(23-26-36)38-27-24-34-14-4-5-15-37(34)30-38)44-20-10-11-21-45(44)50(46)47-32-40-16-6-7-17-41(40)42-18-8-9-19-43(42)47/h1-32H. The van der Waals surface area contributed by atoms with E-state index in [1.54, 1.807) is 0 Å². The van der Waals surface area contributed by atoms with Gasteiger partial charge in [-0.25, -0.2) is 0 Å². The maximum Gasteiger partial charge on any atom is -0.00199 e. The van der Waals surface area contributed by atoms with Crippen LogP contribution in [-0.2, 0) is 0 Å². The molecule has 0 unspecified atom stereocenters. The fraction of sp³-hybridized carbons (Fsp3) is 0. The van der Waals surface area contributed by atoms with Crippen LogP contribution in [0.15, 0.2) is 194 Å². The molecule has 0 bridgehead atoms. The van der Waals surface area contributed by atoms with Crippen molar-refractivity contribution in [3.63, 3.8) is 0 Å². The molecule has 0 aliphatic carbocycles. The van der Waals surface area contributed by atoms with Gasteiger partial charge >= 0.3 is 0 Å². The summed E-state index contributed by atoms with van der Waals surface area (Å²) in [5.41, 5.74) is 9.94. The van der Waals surface area contributed by atoms with Crippen LogP contribution in [0.2, 0.25) is 0 Å². The van der Waals surface area contributed by atoms with E-state index >= 15 is 0 Å². The van der Waals surface area contributed by atoms with Gasteiger partial charge in [-0.15, -0.1) is 0 Å². The Kier molecular flexibility index (Phi) is 6.60. The lowest BCUT2D eigenvalue weighted by molar-refractivity contribution is 1.62. The molecule has 0 aromatic heterocycles. The second-order valence-electron chi connectivity index (χ2n) is 13.3. The molecule has 0 N–H and O–H groups in total. The molecule has 10 aromatic carbocycles. The molecule has 10 aromatic rings. The minimum atomic E-state index is 1.22. The highest BCUT2D eigenvalue weighted by molar-refractivity contribution is 6.26. The summed E-state index contributed by atoms with van der Waals surface area (Å²) in [6, 6.07) is 71.4. The Morgan fingerprint density at radius 2 is 0.700 bits per heavy atom. The predicted octanol–water partition coefficient (Wildman–Crippen LogP) is 14.1. The summed E-state index contributed by atoms with van der Waals surface area (Å²) in [6.45, 7) is 0. The van der Waals surface area contributed by atoms with Crippen molar-refractivity contribution in [1.29, 1.82) is 0 Å². The Morgan fingerprint density at radius 1 is 0.200 bits per heavy atom. The summed E-state index contributed by atoms with van der Waals surface area (Å²) in [5, 5.41) is 12.7. The first-order valence-corrected chi connectivity index (χ1v) is 17.3. The third-order valence-corrected chi connectivity index (χ3v) is 10.4. The lowest BCUT2D eigenvalue weighted by atomic mass is 9.83. The van der Waals surface area contributed by atoms with E-state index < -0.39 is 0 Å². The van der Waals surface area contributed by atoms with Crippen molar-refractivity contribution in [2.75, 3.05) is 0 Å². The molecule has 0 fully saturated rings. The van der Waals surface area contributed by atoms with Gasteiger partial charge in [-0.2, -0.15) is 0 Å². The van der Waals surface area contributed by atoms with Gasteiger partial charge < -0.3 is 0 Å². The van der Waals surface area contributed by atoms with Gasteiger partial charge in [-0.05, 0) is 117 Å². The zero-order valence-corrected chi connectivity index (χ0v) is 27.5. The fourth-order valence-corrected chi connectivity index (χ4v) is 8.05. The molecule has 0 amide bonds. The van der Waals surface area contributed by atoms with Crippen LogP contribution < -0.4 is 0 Å². The van der Waals surface area contributed by atoms with E-state index in [1.165, 1.54) is 98.4 Å². The van der Waals surface area contributed by atoms with Crippen LogP contribution in [0, 0.1) is 0 Å². The Bertz CT molecular complexity index is 2900. The largest absolute Gasteiger partial charge is 0.0622 e. The summed E-state index contributed by atoms with van der Waals surface area (Å²) in [4.78, 5) is 0. The summed E-state index contributed by atoms with van der Waals surface area (Å²) in [7, 11) is 0. The van der Waals surface area contributed by atoms with Gasteiger partial charge in [0.1, 0.15) is 0 Å². The van der Waals surface area contributed by atoms with Gasteiger partial charge in [-0.3, -0.25) is 0 Å². The summed E-state index contributed by atoms with van der Waals surface area (Å²) in [5.74, 6) is 0. The van der Waals surface area contributed by atoms with E-state index in [4.69, 9.17) is 0 Å². The van der Waals surface area contributed by atoms with E-state index in [0.29, 0.717) is 0 Å². The summed E-state index contributed by atoms with van der Waals surface area (Å²) < 4.78 is 0. The number of rotatable bonds is 4. The zero-order valence-electron chi connectivity index (χ0n) is 27.5. The van der Waals surface area contributed by atoms with Gasteiger partial charge in [0.2, 0.25) is 0 Å². The number of hydrogen-bond acceptors (Lipinski definition) is 0. The third-order valence-electron chi connectivity index (χ3n) is 10.4. The first kappa shape index (κ1) is 28.5. The number of benzene rings is 10. The van der Waals surface area contributed by atoms with Crippen LogP contribution >= 0.6 is 0 Å². The molecule has 0 heteroatoms. The zero-order chi connectivity index (χ0) is 33.0. The monoisotopic (exact) mass is 632 g/mol. The van der Waals surface area contributed by atoms with Gasteiger partial charge in [0.15, 0.2) is 0 Å². The van der Waals surface area contributed by atoms with Crippen LogP contribution in [0.25, 0.3) is 98.4 Å². The molecule has 0 saturated carbocycles. The fourth-order valence-electron chi connectivity index (χ4n) is 8.05. The SMILES string of the molecule is c1ccc(-c2ccc3c(-c4cc5ccccc5c5ccccc45)c4ccccc4c(-c4ccc(-c5ccc6ccccc6c5)cc4)c3c2)cc1. The van der Waals surface area contributed by atoms with Crippen molar-refractivity contribution in [3.8, 4) is 44.5 Å². The molecule has 0 aliphatic heterocycles. The van der Waals surface area contributed by atoms with E-state index in [0.717, 1.165) is 0 Å². The van der Waals surface area contributed by atoms with E-state index in [-0.39, 0.29) is 0 Å². The first-order valence-electron chi connectivity index (χ1n) is 17.3. The minimum Gasteiger partial charge on any atom is -0.0622 e. The van der Waals surface area contributed by atoms with Crippen molar-refractivity contribution in [1.82, 2.24) is 0 Å². The Morgan fingerprint density at radius 3 is 1.48 bits per heavy atom. The van der Waals surface area contributed by atoms with Gasteiger partial charge in [-0.1, -0.05) is 176 Å². The summed E-state index contributed by atoms with van der Waals surface area (Å²) in [6.07, 6.45) is 0. The molecule has 0 nitrogen and oxygen atoms in total. The van der Waals surface area contributed by atoms with Crippen LogP contribution in [-0.4, -0.2) is 0 Å². The predicted molar refractivity (Wildman–Crippen MR) is 216 cm³/mol. The van der Waals surface area contributed by atoms with E-state index in [1.807, 2.05) is 0 Å². The van der Waals surface area contributed by atoms with Crippen molar-refractivity contribution in [2.24, 2.45) is 0 Å². The van der Waals surface area contributed by atoms with Crippen LogP contribution in [0.3, 0.4) is 0 Å². The minimum absolute atomic E-state index is 1.22. The smallest absolute Gasteiger partial charge is 0.00199 e. The van der Waals surface area contributed by atoms with Crippen LogP contribution in [0.1, 0.15) is 0 Å². The lowest BCUT2D eigenvalue weighted by Gasteiger charge is -2.20. The average molecular weight is 633 g/mol. The normalized spacial score (nSPS) is 11.6. The lowest BCUT2D eigenvalue weighted by Crippen LogP contribution is -1.93. The highest BCUT2D eigenvalue weighted by Gasteiger charge is 2.20. The van der Waals surface area contributed by atoms with Crippen LogP contribution in [0.5, 0.6) is 0 Å². The van der Waals surface area contributed by atoms with Gasteiger partial charge in [0, 0.05) is 0 Å². The topological polar surface area (TPSA) is 0 Å². The Balaban J connectivity index is 1.27. The molecule has 0 heterocycles. The van der Waals surface area contributed by atoms with Crippen LogP contribution in [0.4, 0.5) is 0 Å². The number of hydrogen-bond donors (Lipinski definition) is 0. The molecule has 10 rings (SSSR count). The molecule has 0 spiro atoms. The molecule has 50 heavy (non-hydrogen) atoms. The maximum absolute atomic E-state index is 2.41. The summed E-state index contributed by atoms with van der Waals surface area (Å²) >= 11 is 0. The molecule has 0 aliphatic rings. The number of fused-ring (bicyclic) bond motifs is 6. The van der Waals surface area contributed by atoms with E-state index in [2.05, 4.69) is 194 Å². The molecule has 232 valence electrons. The second kappa shape index (κ2) is 11.6. The van der Waals surface area contributed by atoms with Gasteiger partial charge in [0.05, 0.1) is 0 Å². The third kappa shape index (κ3) is 4.61. The molecule has 0 saturated heterocycles. The highest BCUT2D eigenvalue weighted by Crippen LogP contribution is 2.47. The van der Waals surface area contributed by atoms with Crippen molar-refractivity contribution < 1.29 is 0 Å². The van der Waals surface area contributed by atoms with E-state index in [9.17, 15) is 0 Å². The molecular formula is C50H32. The Labute approximate surface area is 291 Å². The Hall–Kier alpha value is -6.50. The van der Waals surface area contributed by atoms with Crippen molar-refractivity contribution in [3.05, 3.63) is 194 Å². The van der Waals surface area contributed by atoms with Crippen molar-refractivity contribution in [2.45, 2.75) is 0 Å². The highest BCUT2D eigenvalue weighted by atomic mass is 14.2. The first-order chi connectivity index (χ1) is 24.8.